The minimum Gasteiger partial charge on any atom is -0.357 e. The largest absolute Gasteiger partial charge is 0.357 e. The van der Waals surface area contributed by atoms with Crippen LogP contribution in [0.4, 0.5) is 4.39 Å². The summed E-state index contributed by atoms with van der Waals surface area (Å²) in [6.07, 6.45) is 1.40. The van der Waals surface area contributed by atoms with Gasteiger partial charge in [0, 0.05) is 25.6 Å². The van der Waals surface area contributed by atoms with Crippen molar-refractivity contribution >= 4 is 45.7 Å². The molecule has 1 aromatic carbocycles. The number of halogens is 2. The van der Waals surface area contributed by atoms with E-state index >= 15 is 0 Å². The van der Waals surface area contributed by atoms with Gasteiger partial charge in [-0.15, -0.1) is 24.0 Å². The molecule has 10 heteroatoms. The van der Waals surface area contributed by atoms with Crippen molar-refractivity contribution in [1.82, 2.24) is 16.0 Å². The zero-order valence-electron chi connectivity index (χ0n) is 16.8. The topological polar surface area (TPSA) is 99.7 Å². The number of rotatable bonds is 8. The monoisotopic (exact) mass is 540 g/mol. The molecule has 1 atom stereocenters. The number of nitrogens with one attached hydrogen (secondary N) is 3. The van der Waals surface area contributed by atoms with E-state index in [0.717, 1.165) is 17.5 Å². The van der Waals surface area contributed by atoms with Crippen molar-refractivity contribution < 1.29 is 17.6 Å². The smallest absolute Gasteiger partial charge is 0.222 e. The molecule has 0 spiro atoms. The molecule has 1 aliphatic heterocycles. The maximum atomic E-state index is 13.2. The standard InChI is InChI=1S/C19H29FN4O3S.HI/c1-3-21-19(22-9-6-15-4-5-16(20)12-14(15)2)23-10-7-18(25)24-17-8-11-28(26,27)13-17;/h4-5,12,17H,3,6-11,13H2,1-2H3,(H,24,25)(H2,21,22,23);1H. The van der Waals surface area contributed by atoms with E-state index in [-0.39, 0.29) is 59.7 Å². The number of benzene rings is 1. The molecular weight excluding hydrogens is 510 g/mol. The molecule has 1 heterocycles. The SMILES string of the molecule is CCNC(=NCCC(=O)NC1CCS(=O)(=O)C1)NCCc1ccc(F)cc1C.I. The predicted molar refractivity (Wildman–Crippen MR) is 124 cm³/mol. The second-order valence-electron chi connectivity index (χ2n) is 6.93. The van der Waals surface area contributed by atoms with E-state index in [2.05, 4.69) is 20.9 Å². The molecule has 1 fully saturated rings. The number of carbonyl (C=O) groups excluding carboxylic acids is 1. The van der Waals surface area contributed by atoms with Crippen LogP contribution in [0.1, 0.15) is 30.9 Å². The number of aryl methyl sites for hydroxylation is 1. The summed E-state index contributed by atoms with van der Waals surface area (Å²) >= 11 is 0. The molecule has 0 saturated carbocycles. The number of sulfone groups is 1. The fourth-order valence-electron chi connectivity index (χ4n) is 3.08. The minimum absolute atomic E-state index is 0. The fourth-order valence-corrected chi connectivity index (χ4v) is 4.75. The van der Waals surface area contributed by atoms with Gasteiger partial charge in [-0.1, -0.05) is 6.07 Å². The maximum Gasteiger partial charge on any atom is 0.222 e. The highest BCUT2D eigenvalue weighted by Crippen LogP contribution is 2.11. The highest BCUT2D eigenvalue weighted by molar-refractivity contribution is 14.0. The molecule has 1 aliphatic rings. The third-order valence-electron chi connectivity index (χ3n) is 4.54. The Morgan fingerprint density at radius 3 is 2.69 bits per heavy atom. The Kier molecular flexibility index (Phi) is 10.9. The van der Waals surface area contributed by atoms with E-state index in [1.807, 2.05) is 13.8 Å². The van der Waals surface area contributed by atoms with Crippen LogP contribution in [0.3, 0.4) is 0 Å². The Bertz CT molecular complexity index is 818. The summed E-state index contributed by atoms with van der Waals surface area (Å²) in [6, 6.07) is 4.47. The Morgan fingerprint density at radius 2 is 2.07 bits per heavy atom. The first kappa shape index (κ1) is 25.6. The zero-order valence-corrected chi connectivity index (χ0v) is 20.0. The molecule has 0 aliphatic carbocycles. The van der Waals surface area contributed by atoms with Gasteiger partial charge in [0.15, 0.2) is 15.8 Å². The van der Waals surface area contributed by atoms with Crippen LogP contribution in [0.25, 0.3) is 0 Å². The minimum atomic E-state index is -3.00. The first-order valence-electron chi connectivity index (χ1n) is 9.56. The lowest BCUT2D eigenvalue weighted by molar-refractivity contribution is -0.121. The Balaban J connectivity index is 0.00000420. The summed E-state index contributed by atoms with van der Waals surface area (Å²) in [5.74, 6) is 0.340. The van der Waals surface area contributed by atoms with Gasteiger partial charge < -0.3 is 16.0 Å². The Labute approximate surface area is 189 Å². The van der Waals surface area contributed by atoms with E-state index in [9.17, 15) is 17.6 Å². The lowest BCUT2D eigenvalue weighted by atomic mass is 10.1. The quantitative estimate of drug-likeness (QED) is 0.264. The molecule has 3 N–H and O–H groups in total. The van der Waals surface area contributed by atoms with Gasteiger partial charge in [-0.05, 0) is 49.9 Å². The zero-order chi connectivity index (χ0) is 20.6. The van der Waals surface area contributed by atoms with Gasteiger partial charge in [0.2, 0.25) is 5.91 Å². The molecule has 2 rings (SSSR count). The number of nitrogens with zero attached hydrogens (tertiary/aromatic N) is 1. The molecule has 1 aromatic rings. The van der Waals surface area contributed by atoms with E-state index in [4.69, 9.17) is 0 Å². The molecule has 29 heavy (non-hydrogen) atoms. The second kappa shape index (κ2) is 12.3. The first-order valence-corrected chi connectivity index (χ1v) is 11.4. The summed E-state index contributed by atoms with van der Waals surface area (Å²) in [5.41, 5.74) is 1.98. The van der Waals surface area contributed by atoms with E-state index in [1.165, 1.54) is 12.1 Å². The molecule has 0 radical (unpaired) electrons. The molecule has 7 nitrogen and oxygen atoms in total. The van der Waals surface area contributed by atoms with Crippen molar-refractivity contribution in [1.29, 1.82) is 0 Å². The summed E-state index contributed by atoms with van der Waals surface area (Å²) in [6.45, 7) is 5.45. The van der Waals surface area contributed by atoms with Crippen LogP contribution in [0.15, 0.2) is 23.2 Å². The first-order chi connectivity index (χ1) is 13.3. The Morgan fingerprint density at radius 1 is 1.31 bits per heavy atom. The van der Waals surface area contributed by atoms with Crippen molar-refractivity contribution in [3.05, 3.63) is 35.1 Å². The van der Waals surface area contributed by atoms with Crippen LogP contribution < -0.4 is 16.0 Å². The molecule has 0 aromatic heterocycles. The van der Waals surface area contributed by atoms with Crippen LogP contribution in [0.2, 0.25) is 0 Å². The number of aliphatic imine (C=N–C) groups is 1. The van der Waals surface area contributed by atoms with Crippen LogP contribution in [0, 0.1) is 12.7 Å². The van der Waals surface area contributed by atoms with Gasteiger partial charge in [0.05, 0.1) is 18.1 Å². The fraction of sp³-hybridized carbons (Fsp3) is 0.579. The van der Waals surface area contributed by atoms with Gasteiger partial charge >= 0.3 is 0 Å². The van der Waals surface area contributed by atoms with Gasteiger partial charge in [-0.2, -0.15) is 0 Å². The molecular formula is C19H30FIN4O3S. The number of guanidine groups is 1. The van der Waals surface area contributed by atoms with Crippen LogP contribution >= 0.6 is 24.0 Å². The molecule has 0 bridgehead atoms. The third kappa shape index (κ3) is 9.28. The van der Waals surface area contributed by atoms with Gasteiger partial charge in [-0.3, -0.25) is 9.79 Å². The van der Waals surface area contributed by atoms with Crippen molar-refractivity contribution in [2.75, 3.05) is 31.1 Å². The lowest BCUT2D eigenvalue weighted by Gasteiger charge is -2.13. The van der Waals surface area contributed by atoms with Crippen molar-refractivity contribution in [3.8, 4) is 0 Å². The van der Waals surface area contributed by atoms with Gasteiger partial charge in [0.1, 0.15) is 5.82 Å². The molecule has 164 valence electrons. The Hall–Kier alpha value is -1.43. The van der Waals surface area contributed by atoms with Crippen molar-refractivity contribution in [2.45, 2.75) is 39.2 Å². The van der Waals surface area contributed by atoms with Crippen molar-refractivity contribution in [3.63, 3.8) is 0 Å². The summed E-state index contributed by atoms with van der Waals surface area (Å²) in [5, 5.41) is 9.08. The van der Waals surface area contributed by atoms with Crippen LogP contribution in [-0.2, 0) is 21.1 Å². The van der Waals surface area contributed by atoms with Gasteiger partial charge in [-0.25, -0.2) is 12.8 Å². The molecule has 1 unspecified atom stereocenters. The van der Waals surface area contributed by atoms with Crippen molar-refractivity contribution in [2.24, 2.45) is 4.99 Å². The number of amides is 1. The average Bonchev–Trinajstić information content (AvgIpc) is 2.95. The van der Waals surface area contributed by atoms with E-state index in [0.29, 0.717) is 32.0 Å². The number of hydrogen-bond donors (Lipinski definition) is 3. The van der Waals surface area contributed by atoms with Gasteiger partial charge in [0.25, 0.3) is 0 Å². The third-order valence-corrected chi connectivity index (χ3v) is 6.31. The summed E-state index contributed by atoms with van der Waals surface area (Å²) in [7, 11) is -3.00. The summed E-state index contributed by atoms with van der Waals surface area (Å²) < 4.78 is 36.0. The average molecular weight is 540 g/mol. The normalized spacial score (nSPS) is 18.0. The predicted octanol–water partition coefficient (Wildman–Crippen LogP) is 1.54. The lowest BCUT2D eigenvalue weighted by Crippen LogP contribution is -2.39. The maximum absolute atomic E-state index is 13.2. The van der Waals surface area contributed by atoms with E-state index in [1.54, 1.807) is 6.07 Å². The number of hydrogen-bond acceptors (Lipinski definition) is 4. The van der Waals surface area contributed by atoms with Crippen LogP contribution in [-0.4, -0.2) is 57.5 Å². The highest BCUT2D eigenvalue weighted by atomic mass is 127. The summed E-state index contributed by atoms with van der Waals surface area (Å²) in [4.78, 5) is 16.3. The second-order valence-corrected chi connectivity index (χ2v) is 9.15. The van der Waals surface area contributed by atoms with E-state index < -0.39 is 9.84 Å². The van der Waals surface area contributed by atoms with Crippen LogP contribution in [0.5, 0.6) is 0 Å². The highest BCUT2D eigenvalue weighted by Gasteiger charge is 2.28. The number of carbonyl (C=O) groups is 1. The molecule has 1 saturated heterocycles. The molecule has 1 amide bonds.